The van der Waals surface area contributed by atoms with Crippen LogP contribution in [0.4, 0.5) is 0 Å². The second-order valence-electron chi connectivity index (χ2n) is 9.43. The van der Waals surface area contributed by atoms with Gasteiger partial charge in [0.15, 0.2) is 0 Å². The standard InChI is InChI=1S/C27H46N4O11/c1-4-24(27(34)40-18-10-12-20-42-31(37)38)29(5-2)25(32)21(3)28-23(16-15-22-13-7-6-8-14-22)26(33)39-17-9-11-19-41-30(35)36/h6-8,13-14,21,23-24,28,35-38H,4-5,9-12,15-20H2,1-3H3. The second-order valence-corrected chi connectivity index (χ2v) is 9.43. The van der Waals surface area contributed by atoms with Crippen LogP contribution in [0.5, 0.6) is 0 Å². The topological polar surface area (TPSA) is 191 Å². The quantitative estimate of drug-likeness (QED) is 0.0696. The van der Waals surface area contributed by atoms with E-state index in [0.29, 0.717) is 44.9 Å². The minimum Gasteiger partial charge on any atom is -0.465 e. The van der Waals surface area contributed by atoms with Gasteiger partial charge in [0.05, 0.1) is 43.2 Å². The number of likely N-dealkylation sites (N-methyl/N-ethyl adjacent to an activating group) is 1. The Hall–Kier alpha value is -2.73. The minimum atomic E-state index is -0.820. The molecule has 0 saturated heterocycles. The Balaban J connectivity index is 2.77. The Kier molecular flexibility index (Phi) is 19.4. The predicted molar refractivity (Wildman–Crippen MR) is 146 cm³/mol. The SMILES string of the molecule is CCC(C(=O)OCCCCON(O)O)N(CC)C(=O)C(C)NC(CCc1ccccc1)C(=O)OCCCCON(O)O. The smallest absolute Gasteiger partial charge is 0.328 e. The van der Waals surface area contributed by atoms with Gasteiger partial charge in [0.25, 0.3) is 0 Å². The van der Waals surface area contributed by atoms with Crippen molar-refractivity contribution in [3.63, 3.8) is 0 Å². The lowest BCUT2D eigenvalue weighted by Crippen LogP contribution is -2.55. The summed E-state index contributed by atoms with van der Waals surface area (Å²) in [6, 6.07) is 7.16. The van der Waals surface area contributed by atoms with E-state index in [1.807, 2.05) is 30.3 Å². The molecule has 0 aromatic heterocycles. The third kappa shape index (κ3) is 15.5. The first kappa shape index (κ1) is 37.3. The highest BCUT2D eigenvalue weighted by Crippen LogP contribution is 2.12. The fraction of sp³-hybridized carbons (Fsp3) is 0.667. The van der Waals surface area contributed by atoms with Crippen molar-refractivity contribution in [1.82, 2.24) is 21.0 Å². The van der Waals surface area contributed by atoms with Crippen molar-refractivity contribution >= 4 is 17.8 Å². The lowest BCUT2D eigenvalue weighted by molar-refractivity contribution is -0.492. The Morgan fingerprint density at radius 3 is 1.83 bits per heavy atom. The summed E-state index contributed by atoms with van der Waals surface area (Å²) in [5, 5.41) is 36.5. The maximum atomic E-state index is 13.5. The third-order valence-electron chi connectivity index (χ3n) is 6.31. The van der Waals surface area contributed by atoms with Crippen LogP contribution in [0.3, 0.4) is 0 Å². The summed E-state index contributed by atoms with van der Waals surface area (Å²) in [4.78, 5) is 49.6. The van der Waals surface area contributed by atoms with Crippen LogP contribution in [0.25, 0.3) is 0 Å². The van der Waals surface area contributed by atoms with Gasteiger partial charge in [-0.2, -0.15) is 0 Å². The molecule has 15 nitrogen and oxygen atoms in total. The van der Waals surface area contributed by atoms with E-state index in [4.69, 9.17) is 30.3 Å². The molecule has 15 heteroatoms. The fourth-order valence-electron chi connectivity index (χ4n) is 4.13. The van der Waals surface area contributed by atoms with E-state index in [2.05, 4.69) is 15.0 Å². The Labute approximate surface area is 246 Å². The number of hydrogen-bond donors (Lipinski definition) is 5. The highest BCUT2D eigenvalue weighted by Gasteiger charge is 2.33. The number of carbonyl (C=O) groups excluding carboxylic acids is 3. The van der Waals surface area contributed by atoms with E-state index < -0.39 is 30.1 Å². The number of hydrogen-bond acceptors (Lipinski definition) is 14. The summed E-state index contributed by atoms with van der Waals surface area (Å²) in [6.07, 6.45) is 2.94. The van der Waals surface area contributed by atoms with Gasteiger partial charge in [0.1, 0.15) is 12.1 Å². The van der Waals surface area contributed by atoms with Crippen LogP contribution >= 0.6 is 0 Å². The van der Waals surface area contributed by atoms with E-state index >= 15 is 0 Å². The molecular weight excluding hydrogens is 556 g/mol. The van der Waals surface area contributed by atoms with Crippen molar-refractivity contribution < 1.29 is 54.4 Å². The van der Waals surface area contributed by atoms with Crippen molar-refractivity contribution in [3.8, 4) is 0 Å². The van der Waals surface area contributed by atoms with E-state index in [0.717, 1.165) is 5.56 Å². The van der Waals surface area contributed by atoms with Crippen LogP contribution in [0.15, 0.2) is 30.3 Å². The molecule has 0 fully saturated rings. The Bertz CT molecular complexity index is 892. The van der Waals surface area contributed by atoms with Gasteiger partial charge in [0, 0.05) is 6.54 Å². The van der Waals surface area contributed by atoms with Gasteiger partial charge < -0.3 is 14.4 Å². The summed E-state index contributed by atoms with van der Waals surface area (Å²) in [5.74, 6) is -1.45. The van der Waals surface area contributed by atoms with Crippen LogP contribution in [0, 0.1) is 0 Å². The van der Waals surface area contributed by atoms with Crippen LogP contribution in [0.1, 0.15) is 64.9 Å². The lowest BCUT2D eigenvalue weighted by Gasteiger charge is -2.32. The molecule has 1 amide bonds. The molecule has 240 valence electrons. The molecule has 0 radical (unpaired) electrons. The van der Waals surface area contributed by atoms with Crippen molar-refractivity contribution in [2.75, 3.05) is 33.0 Å². The van der Waals surface area contributed by atoms with Gasteiger partial charge in [-0.05, 0) is 64.4 Å². The summed E-state index contributed by atoms with van der Waals surface area (Å²) in [6.45, 7) is 5.62. The normalized spacial score (nSPS) is 13.5. The first-order valence-electron chi connectivity index (χ1n) is 14.2. The average molecular weight is 603 g/mol. The molecule has 3 unspecified atom stereocenters. The molecule has 5 N–H and O–H groups in total. The molecule has 0 saturated carbocycles. The highest BCUT2D eigenvalue weighted by atomic mass is 17.1. The average Bonchev–Trinajstić information content (AvgIpc) is 2.96. The summed E-state index contributed by atoms with van der Waals surface area (Å²) < 4.78 is 10.8. The summed E-state index contributed by atoms with van der Waals surface area (Å²) in [5.41, 5.74) is 1.02. The van der Waals surface area contributed by atoms with Crippen molar-refractivity contribution in [1.29, 1.82) is 0 Å². The Morgan fingerprint density at radius 1 is 0.810 bits per heavy atom. The first-order valence-corrected chi connectivity index (χ1v) is 14.2. The maximum absolute atomic E-state index is 13.5. The molecule has 0 spiro atoms. The fourth-order valence-corrected chi connectivity index (χ4v) is 4.13. The number of nitrogens with zero attached hydrogens (tertiary/aromatic N) is 3. The van der Waals surface area contributed by atoms with Gasteiger partial charge in [-0.3, -0.25) is 45.4 Å². The molecule has 0 aliphatic rings. The molecule has 1 aromatic rings. The number of esters is 2. The van der Waals surface area contributed by atoms with Gasteiger partial charge in [0.2, 0.25) is 5.91 Å². The Morgan fingerprint density at radius 2 is 1.33 bits per heavy atom. The van der Waals surface area contributed by atoms with Crippen LogP contribution in [-0.2, 0) is 40.0 Å². The molecule has 0 aliphatic heterocycles. The highest BCUT2D eigenvalue weighted by molar-refractivity contribution is 5.88. The molecule has 42 heavy (non-hydrogen) atoms. The van der Waals surface area contributed by atoms with Gasteiger partial charge >= 0.3 is 11.9 Å². The van der Waals surface area contributed by atoms with Gasteiger partial charge in [-0.25, -0.2) is 4.79 Å². The summed E-state index contributed by atoms with van der Waals surface area (Å²) in [7, 11) is 0. The zero-order valence-electron chi connectivity index (χ0n) is 24.6. The zero-order valence-corrected chi connectivity index (χ0v) is 24.6. The number of benzene rings is 1. The molecule has 3 atom stereocenters. The molecule has 1 aromatic carbocycles. The molecule has 1 rings (SSSR count). The van der Waals surface area contributed by atoms with E-state index in [9.17, 15) is 14.4 Å². The molecule has 0 aliphatic carbocycles. The molecular formula is C27H46N4O11. The van der Waals surface area contributed by atoms with Crippen LogP contribution in [0.2, 0.25) is 0 Å². The van der Waals surface area contributed by atoms with Crippen molar-refractivity contribution in [2.24, 2.45) is 0 Å². The van der Waals surface area contributed by atoms with Crippen molar-refractivity contribution in [2.45, 2.75) is 83.8 Å². The van der Waals surface area contributed by atoms with Gasteiger partial charge in [-0.15, -0.1) is 0 Å². The number of amides is 1. The number of unbranched alkanes of at least 4 members (excludes halogenated alkanes) is 2. The minimum absolute atomic E-state index is 0.0268. The maximum Gasteiger partial charge on any atom is 0.328 e. The number of nitrogens with one attached hydrogen (secondary N) is 1. The third-order valence-corrected chi connectivity index (χ3v) is 6.31. The first-order chi connectivity index (χ1) is 20.1. The number of ether oxygens (including phenoxy) is 2. The van der Waals surface area contributed by atoms with E-state index in [1.54, 1.807) is 20.8 Å². The number of carbonyl (C=O) groups is 3. The van der Waals surface area contributed by atoms with Crippen LogP contribution in [-0.4, -0.2) is 105 Å². The molecule has 0 heterocycles. The van der Waals surface area contributed by atoms with E-state index in [1.165, 1.54) is 4.90 Å². The van der Waals surface area contributed by atoms with E-state index in [-0.39, 0.29) is 49.7 Å². The predicted octanol–water partition coefficient (Wildman–Crippen LogP) is 2.26. The zero-order chi connectivity index (χ0) is 31.3. The van der Waals surface area contributed by atoms with Crippen molar-refractivity contribution in [3.05, 3.63) is 35.9 Å². The second kappa shape index (κ2) is 21.9. The molecule has 0 bridgehead atoms. The monoisotopic (exact) mass is 602 g/mol. The van der Waals surface area contributed by atoms with Crippen LogP contribution < -0.4 is 5.32 Å². The summed E-state index contributed by atoms with van der Waals surface area (Å²) >= 11 is 0. The number of aryl methyl sites for hydroxylation is 1. The lowest BCUT2D eigenvalue weighted by atomic mass is 10.0. The number of rotatable bonds is 23. The van der Waals surface area contributed by atoms with Gasteiger partial charge in [-0.1, -0.05) is 37.3 Å². The largest absolute Gasteiger partial charge is 0.465 e.